The summed E-state index contributed by atoms with van der Waals surface area (Å²) in [5.41, 5.74) is 0. The third-order valence-electron chi connectivity index (χ3n) is 14.4. The molecule has 0 aliphatic carbocycles. The van der Waals surface area contributed by atoms with E-state index in [1.165, 1.54) is 250 Å². The number of aliphatic hydroxyl groups is 3. The molecule has 0 radical (unpaired) electrons. The number of rotatable bonds is 57. The fourth-order valence-electron chi connectivity index (χ4n) is 9.62. The Hall–Kier alpha value is -1.69. The molecule has 0 bridgehead atoms. The van der Waals surface area contributed by atoms with Gasteiger partial charge < -0.3 is 20.6 Å². The third-order valence-corrected chi connectivity index (χ3v) is 14.4. The van der Waals surface area contributed by atoms with Crippen LogP contribution >= 0.6 is 0 Å². The Morgan fingerprint density at radius 2 is 0.638 bits per heavy atom. The van der Waals surface area contributed by atoms with Gasteiger partial charge in [-0.3, -0.25) is 4.79 Å². The minimum absolute atomic E-state index is 0.154. The van der Waals surface area contributed by atoms with Gasteiger partial charge >= 0.3 is 0 Å². The van der Waals surface area contributed by atoms with Crippen LogP contribution in [0.5, 0.6) is 0 Å². The summed E-state index contributed by atoms with van der Waals surface area (Å²) in [7, 11) is 0. The fraction of sp³-hybridized carbons (Fsp3) is 0.859. The van der Waals surface area contributed by atoms with Crippen molar-refractivity contribution >= 4 is 5.91 Å². The van der Waals surface area contributed by atoms with Gasteiger partial charge in [0.2, 0.25) is 5.91 Å². The van der Waals surface area contributed by atoms with Crippen molar-refractivity contribution in [2.24, 2.45) is 0 Å². The molecule has 0 saturated heterocycles. The highest BCUT2D eigenvalue weighted by molar-refractivity contribution is 5.76. The van der Waals surface area contributed by atoms with Crippen LogP contribution in [0.4, 0.5) is 0 Å². The Bertz CT molecular complexity index is 1110. The number of nitrogens with one attached hydrogen (secondary N) is 1. The molecular weight excluding hydrogens is 847 g/mol. The summed E-state index contributed by atoms with van der Waals surface area (Å²) in [4.78, 5) is 12.5. The molecule has 0 spiro atoms. The normalized spacial score (nSPS) is 13.5. The predicted molar refractivity (Wildman–Crippen MR) is 305 cm³/mol. The van der Waals surface area contributed by atoms with Gasteiger partial charge in [-0.1, -0.05) is 287 Å². The zero-order valence-electron chi connectivity index (χ0n) is 46.5. The summed E-state index contributed by atoms with van der Waals surface area (Å²) in [5.74, 6) is -0.154. The van der Waals surface area contributed by atoms with E-state index in [1.54, 1.807) is 0 Å². The van der Waals surface area contributed by atoms with E-state index in [2.05, 4.69) is 67.8 Å². The molecule has 0 fully saturated rings. The van der Waals surface area contributed by atoms with E-state index in [0.29, 0.717) is 12.8 Å². The first-order chi connectivity index (χ1) is 34.1. The van der Waals surface area contributed by atoms with Crippen molar-refractivity contribution in [3.05, 3.63) is 48.6 Å². The van der Waals surface area contributed by atoms with E-state index in [0.717, 1.165) is 51.4 Å². The Morgan fingerprint density at radius 1 is 0.362 bits per heavy atom. The molecule has 0 aliphatic rings. The summed E-state index contributed by atoms with van der Waals surface area (Å²) < 4.78 is 0. The monoisotopic (exact) mass is 968 g/mol. The van der Waals surface area contributed by atoms with Gasteiger partial charge in [0.15, 0.2) is 0 Å². The zero-order valence-corrected chi connectivity index (χ0v) is 46.5. The Morgan fingerprint density at radius 3 is 0.971 bits per heavy atom. The molecule has 1 amide bonds. The molecule has 5 nitrogen and oxygen atoms in total. The van der Waals surface area contributed by atoms with Crippen molar-refractivity contribution in [1.29, 1.82) is 0 Å². The van der Waals surface area contributed by atoms with Crippen molar-refractivity contribution in [1.82, 2.24) is 5.32 Å². The van der Waals surface area contributed by atoms with E-state index in [-0.39, 0.29) is 12.5 Å². The van der Waals surface area contributed by atoms with Crippen molar-refractivity contribution in [2.75, 3.05) is 6.61 Å². The van der Waals surface area contributed by atoms with E-state index in [9.17, 15) is 20.1 Å². The van der Waals surface area contributed by atoms with Gasteiger partial charge in [-0.05, 0) is 83.5 Å². The minimum atomic E-state index is -1.17. The van der Waals surface area contributed by atoms with Gasteiger partial charge in [-0.15, -0.1) is 0 Å². The molecule has 4 N–H and O–H groups in total. The molecule has 0 aliphatic heterocycles. The summed E-state index contributed by atoms with van der Waals surface area (Å²) in [6, 6.07) is -0.834. The highest BCUT2D eigenvalue weighted by Gasteiger charge is 2.26. The smallest absolute Gasteiger partial charge is 0.220 e. The van der Waals surface area contributed by atoms with E-state index >= 15 is 0 Å². The number of allylic oxidation sites excluding steroid dienone is 8. The molecule has 0 aromatic heterocycles. The van der Waals surface area contributed by atoms with Gasteiger partial charge in [0.05, 0.1) is 18.8 Å². The second-order valence-corrected chi connectivity index (χ2v) is 21.2. The molecular formula is C64H121NO4. The van der Waals surface area contributed by atoms with Crippen LogP contribution in [0.15, 0.2) is 48.6 Å². The topological polar surface area (TPSA) is 89.8 Å². The second kappa shape index (κ2) is 58.9. The lowest BCUT2D eigenvalue weighted by Crippen LogP contribution is -2.50. The second-order valence-electron chi connectivity index (χ2n) is 21.2. The lowest BCUT2D eigenvalue weighted by Gasteiger charge is -2.26. The fourth-order valence-corrected chi connectivity index (χ4v) is 9.62. The zero-order chi connectivity index (χ0) is 50.0. The average Bonchev–Trinajstić information content (AvgIpc) is 3.35. The average molecular weight is 969 g/mol. The molecule has 0 aromatic carbocycles. The minimum Gasteiger partial charge on any atom is -0.394 e. The summed E-state index contributed by atoms with van der Waals surface area (Å²) in [6.45, 7) is 4.20. The van der Waals surface area contributed by atoms with Crippen LogP contribution in [-0.4, -0.2) is 46.1 Å². The maximum Gasteiger partial charge on any atom is 0.220 e. The molecule has 3 atom stereocenters. The quantitative estimate of drug-likeness (QED) is 0.0361. The Labute approximate surface area is 431 Å². The van der Waals surface area contributed by atoms with Crippen molar-refractivity contribution < 1.29 is 20.1 Å². The predicted octanol–water partition coefficient (Wildman–Crippen LogP) is 19.6. The summed E-state index contributed by atoms with van der Waals surface area (Å²) in [6.07, 6.45) is 78.6. The van der Waals surface area contributed by atoms with Gasteiger partial charge in [-0.2, -0.15) is 0 Å². The highest BCUT2D eigenvalue weighted by Crippen LogP contribution is 2.17. The van der Waals surface area contributed by atoms with Crippen molar-refractivity contribution in [3.8, 4) is 0 Å². The van der Waals surface area contributed by atoms with Crippen molar-refractivity contribution in [2.45, 2.75) is 347 Å². The number of amides is 1. The number of hydrogen-bond donors (Lipinski definition) is 4. The van der Waals surface area contributed by atoms with Gasteiger partial charge in [-0.25, -0.2) is 0 Å². The van der Waals surface area contributed by atoms with Crippen LogP contribution in [0, 0.1) is 0 Å². The number of carbonyl (C=O) groups is 1. The maximum absolute atomic E-state index is 12.5. The lowest BCUT2D eigenvalue weighted by molar-refractivity contribution is -0.124. The molecule has 5 heteroatoms. The SMILES string of the molecule is CCCCCCCCCCC/C=C\C/C=C\CCCCCCCCCCCCCCCCCCCC(=O)NC(CO)C(O)C(O)CCC/C=C/CC/C=C/CCCCCCCCCCCCCCC. The highest BCUT2D eigenvalue weighted by atomic mass is 16.3. The third kappa shape index (κ3) is 53.9. The summed E-state index contributed by atoms with van der Waals surface area (Å²) in [5, 5.41) is 33.8. The molecule has 406 valence electrons. The number of aliphatic hydroxyl groups excluding tert-OH is 3. The van der Waals surface area contributed by atoms with Gasteiger partial charge in [0.25, 0.3) is 0 Å². The van der Waals surface area contributed by atoms with Crippen LogP contribution in [-0.2, 0) is 4.79 Å². The number of unbranched alkanes of at least 4 members (excludes halogenated alkanes) is 41. The van der Waals surface area contributed by atoms with E-state index in [1.807, 2.05) is 0 Å². The van der Waals surface area contributed by atoms with Crippen LogP contribution in [0.25, 0.3) is 0 Å². The van der Waals surface area contributed by atoms with Crippen molar-refractivity contribution in [3.63, 3.8) is 0 Å². The lowest BCUT2D eigenvalue weighted by atomic mass is 10.0. The van der Waals surface area contributed by atoms with E-state index in [4.69, 9.17) is 0 Å². The summed E-state index contributed by atoms with van der Waals surface area (Å²) >= 11 is 0. The van der Waals surface area contributed by atoms with Crippen LogP contribution in [0.3, 0.4) is 0 Å². The van der Waals surface area contributed by atoms with E-state index < -0.39 is 18.2 Å². The first-order valence-electron chi connectivity index (χ1n) is 30.9. The van der Waals surface area contributed by atoms with Crippen LogP contribution < -0.4 is 5.32 Å². The molecule has 0 heterocycles. The van der Waals surface area contributed by atoms with Gasteiger partial charge in [0, 0.05) is 6.42 Å². The first-order valence-corrected chi connectivity index (χ1v) is 30.9. The first kappa shape index (κ1) is 67.3. The maximum atomic E-state index is 12.5. The van der Waals surface area contributed by atoms with Crippen LogP contribution in [0.1, 0.15) is 328 Å². The standard InChI is InChI=1S/C64H121NO4/c1-3-5-7-9-11-13-15-17-19-21-23-25-27-28-29-30-31-32-33-34-35-36-37-39-41-43-45-47-49-51-53-55-57-59-63(68)65-61(60-66)64(69)62(67)58-56-54-52-50-48-46-44-42-40-38-26-24-22-20-18-16-14-12-10-8-6-4-2/h23,25,28-29,42,44,50,52,61-62,64,66-67,69H,3-22,24,26-27,30-41,43,45-49,51,53-60H2,1-2H3,(H,65,68)/b25-23-,29-28-,44-42+,52-50+. The molecule has 0 aromatic rings. The molecule has 0 rings (SSSR count). The molecule has 0 saturated carbocycles. The van der Waals surface area contributed by atoms with Crippen LogP contribution in [0.2, 0.25) is 0 Å². The number of carbonyl (C=O) groups excluding carboxylic acids is 1. The Kier molecular flexibility index (Phi) is 57.4. The largest absolute Gasteiger partial charge is 0.394 e. The van der Waals surface area contributed by atoms with Gasteiger partial charge in [0.1, 0.15) is 6.10 Å². The molecule has 3 unspecified atom stereocenters. The molecule has 69 heavy (non-hydrogen) atoms. The number of hydrogen-bond acceptors (Lipinski definition) is 4. The Balaban J connectivity index is 3.55.